The van der Waals surface area contributed by atoms with Gasteiger partial charge in [0.2, 0.25) is 5.13 Å². The van der Waals surface area contributed by atoms with Crippen LogP contribution in [0.5, 0.6) is 5.75 Å². The number of methoxy groups -OCH3 is 1. The predicted molar refractivity (Wildman–Crippen MR) is 78.4 cm³/mol. The molecule has 0 aliphatic carbocycles. The zero-order chi connectivity index (χ0) is 13.7. The molecule has 2 rings (SSSR count). The number of benzene rings is 1. The zero-order valence-corrected chi connectivity index (χ0v) is 12.6. The fourth-order valence-corrected chi connectivity index (χ4v) is 2.86. The minimum absolute atomic E-state index is 0.251. The van der Waals surface area contributed by atoms with Gasteiger partial charge in [0.25, 0.3) is 5.91 Å². The lowest BCUT2D eigenvalue weighted by Crippen LogP contribution is -2.12. The number of aryl methyl sites for hydroxylation is 1. The number of amides is 1. The van der Waals surface area contributed by atoms with Crippen LogP contribution in [-0.2, 0) is 6.42 Å². The Morgan fingerprint density at radius 3 is 2.95 bits per heavy atom. The maximum atomic E-state index is 12.1. The number of alkyl halides is 1. The minimum Gasteiger partial charge on any atom is -0.496 e. The second-order valence-corrected chi connectivity index (χ2v) is 5.45. The molecule has 0 bridgehead atoms. The summed E-state index contributed by atoms with van der Waals surface area (Å²) in [7, 11) is 1.53. The fraction of sp³-hybridized carbons (Fsp3) is 0.250. The standard InChI is InChI=1S/C12H12BrN3O2S/c1-18-9-5-3-2-4-8(9)11(17)14-12-16-15-10(19-12)6-7-13/h2-5H,6-7H2,1H3,(H,14,16,17). The van der Waals surface area contributed by atoms with E-state index in [2.05, 4.69) is 31.4 Å². The Morgan fingerprint density at radius 2 is 2.21 bits per heavy atom. The van der Waals surface area contributed by atoms with Gasteiger partial charge >= 0.3 is 0 Å². The molecule has 100 valence electrons. The van der Waals surface area contributed by atoms with Gasteiger partial charge in [0, 0.05) is 11.8 Å². The Balaban J connectivity index is 2.11. The summed E-state index contributed by atoms with van der Waals surface area (Å²) in [5.41, 5.74) is 0.474. The molecule has 7 heteroatoms. The number of anilines is 1. The van der Waals surface area contributed by atoms with Crippen LogP contribution in [0.3, 0.4) is 0 Å². The summed E-state index contributed by atoms with van der Waals surface area (Å²) in [6.45, 7) is 0. The molecule has 0 saturated heterocycles. The van der Waals surface area contributed by atoms with Crippen molar-refractivity contribution in [1.82, 2.24) is 10.2 Å². The van der Waals surface area contributed by atoms with Crippen LogP contribution in [0.15, 0.2) is 24.3 Å². The number of halogens is 1. The fourth-order valence-electron chi connectivity index (χ4n) is 1.48. The Kier molecular flexibility index (Phi) is 4.86. The number of aromatic nitrogens is 2. The molecule has 1 aromatic heterocycles. The summed E-state index contributed by atoms with van der Waals surface area (Å²) in [6.07, 6.45) is 0.794. The van der Waals surface area contributed by atoms with Crippen LogP contribution in [0, 0.1) is 0 Å². The van der Waals surface area contributed by atoms with Crippen LogP contribution in [0.4, 0.5) is 5.13 Å². The van der Waals surface area contributed by atoms with Crippen LogP contribution in [0.1, 0.15) is 15.4 Å². The number of carbonyl (C=O) groups is 1. The molecule has 0 aliphatic rings. The van der Waals surface area contributed by atoms with Crippen molar-refractivity contribution in [3.63, 3.8) is 0 Å². The van der Waals surface area contributed by atoms with E-state index in [4.69, 9.17) is 4.74 Å². The molecule has 19 heavy (non-hydrogen) atoms. The molecule has 1 N–H and O–H groups in total. The molecule has 0 saturated carbocycles. The second-order valence-electron chi connectivity index (χ2n) is 3.59. The number of carbonyl (C=O) groups excluding carboxylic acids is 1. The first kappa shape index (κ1) is 14.0. The maximum Gasteiger partial charge on any atom is 0.261 e. The van der Waals surface area contributed by atoms with Crippen LogP contribution < -0.4 is 10.1 Å². The van der Waals surface area contributed by atoms with Gasteiger partial charge in [-0.3, -0.25) is 10.1 Å². The molecule has 5 nitrogen and oxygen atoms in total. The molecule has 2 aromatic rings. The minimum atomic E-state index is -0.251. The van der Waals surface area contributed by atoms with Crippen molar-refractivity contribution in [2.45, 2.75) is 6.42 Å². The van der Waals surface area contributed by atoms with Crippen molar-refractivity contribution >= 4 is 38.3 Å². The third-order valence-electron chi connectivity index (χ3n) is 2.35. The molecule has 0 unspecified atom stereocenters. The van der Waals surface area contributed by atoms with E-state index in [-0.39, 0.29) is 5.91 Å². The molecule has 0 spiro atoms. The Bertz CT molecular complexity index is 574. The molecule has 0 fully saturated rings. The quantitative estimate of drug-likeness (QED) is 0.849. The average Bonchev–Trinajstić information content (AvgIpc) is 2.86. The summed E-state index contributed by atoms with van der Waals surface area (Å²) in [5.74, 6) is 0.282. The first-order chi connectivity index (χ1) is 9.24. The molecule has 0 radical (unpaired) electrons. The largest absolute Gasteiger partial charge is 0.496 e. The van der Waals surface area contributed by atoms with Gasteiger partial charge in [-0.2, -0.15) is 0 Å². The highest BCUT2D eigenvalue weighted by Crippen LogP contribution is 2.21. The Labute approximate surface area is 123 Å². The van der Waals surface area contributed by atoms with Crippen molar-refractivity contribution in [3.8, 4) is 5.75 Å². The summed E-state index contributed by atoms with van der Waals surface area (Å²) in [6, 6.07) is 7.04. The van der Waals surface area contributed by atoms with Crippen LogP contribution in [0.25, 0.3) is 0 Å². The van der Waals surface area contributed by atoms with Gasteiger partial charge in [0.1, 0.15) is 10.8 Å². The number of hydrogen-bond acceptors (Lipinski definition) is 5. The number of rotatable bonds is 5. The zero-order valence-electron chi connectivity index (χ0n) is 10.2. The van der Waals surface area contributed by atoms with E-state index in [0.717, 1.165) is 16.8 Å². The summed E-state index contributed by atoms with van der Waals surface area (Å²) in [5, 5.41) is 12.8. The highest BCUT2D eigenvalue weighted by molar-refractivity contribution is 9.09. The highest BCUT2D eigenvalue weighted by atomic mass is 79.9. The van der Waals surface area contributed by atoms with E-state index in [9.17, 15) is 4.79 Å². The summed E-state index contributed by atoms with van der Waals surface area (Å²) in [4.78, 5) is 12.1. The van der Waals surface area contributed by atoms with E-state index in [1.54, 1.807) is 18.2 Å². The lowest BCUT2D eigenvalue weighted by molar-refractivity contribution is 0.102. The number of ether oxygens (including phenoxy) is 1. The van der Waals surface area contributed by atoms with E-state index >= 15 is 0 Å². The Morgan fingerprint density at radius 1 is 1.42 bits per heavy atom. The first-order valence-electron chi connectivity index (χ1n) is 5.57. The van der Waals surface area contributed by atoms with Crippen molar-refractivity contribution in [3.05, 3.63) is 34.8 Å². The van der Waals surface area contributed by atoms with Crippen LogP contribution >= 0.6 is 27.3 Å². The monoisotopic (exact) mass is 341 g/mol. The van der Waals surface area contributed by atoms with Gasteiger partial charge in [-0.15, -0.1) is 10.2 Å². The third-order valence-corrected chi connectivity index (χ3v) is 3.64. The van der Waals surface area contributed by atoms with Gasteiger partial charge in [-0.1, -0.05) is 39.4 Å². The summed E-state index contributed by atoms with van der Waals surface area (Å²) < 4.78 is 5.15. The molecule has 0 aliphatic heterocycles. The summed E-state index contributed by atoms with van der Waals surface area (Å²) >= 11 is 4.71. The average molecular weight is 342 g/mol. The SMILES string of the molecule is COc1ccccc1C(=O)Nc1nnc(CCBr)s1. The predicted octanol–water partition coefficient (Wildman–Crippen LogP) is 2.74. The number of nitrogens with zero attached hydrogens (tertiary/aromatic N) is 2. The molecule has 1 amide bonds. The van der Waals surface area contributed by atoms with E-state index in [1.807, 2.05) is 6.07 Å². The molecular weight excluding hydrogens is 330 g/mol. The van der Waals surface area contributed by atoms with Gasteiger partial charge in [-0.05, 0) is 12.1 Å². The topological polar surface area (TPSA) is 64.1 Å². The van der Waals surface area contributed by atoms with Crippen molar-refractivity contribution in [2.75, 3.05) is 17.8 Å². The normalized spacial score (nSPS) is 10.2. The van der Waals surface area contributed by atoms with Crippen molar-refractivity contribution in [1.29, 1.82) is 0 Å². The molecular formula is C12H12BrN3O2S. The highest BCUT2D eigenvalue weighted by Gasteiger charge is 2.13. The van der Waals surface area contributed by atoms with E-state index < -0.39 is 0 Å². The van der Waals surface area contributed by atoms with E-state index in [0.29, 0.717) is 16.4 Å². The Hall–Kier alpha value is -1.47. The molecule has 1 aromatic carbocycles. The van der Waals surface area contributed by atoms with Gasteiger partial charge in [0.05, 0.1) is 12.7 Å². The third kappa shape index (κ3) is 3.51. The van der Waals surface area contributed by atoms with Crippen molar-refractivity contribution in [2.24, 2.45) is 0 Å². The maximum absolute atomic E-state index is 12.1. The second kappa shape index (κ2) is 6.63. The van der Waals surface area contributed by atoms with Gasteiger partial charge in [-0.25, -0.2) is 0 Å². The van der Waals surface area contributed by atoms with Crippen LogP contribution in [0.2, 0.25) is 0 Å². The lowest BCUT2D eigenvalue weighted by atomic mass is 10.2. The molecule has 0 atom stereocenters. The van der Waals surface area contributed by atoms with E-state index in [1.165, 1.54) is 18.4 Å². The lowest BCUT2D eigenvalue weighted by Gasteiger charge is -2.06. The van der Waals surface area contributed by atoms with Gasteiger partial charge < -0.3 is 4.74 Å². The first-order valence-corrected chi connectivity index (χ1v) is 7.51. The number of nitrogens with one attached hydrogen (secondary N) is 1. The van der Waals surface area contributed by atoms with Gasteiger partial charge in [0.15, 0.2) is 0 Å². The molecule has 1 heterocycles. The number of hydrogen-bond donors (Lipinski definition) is 1. The van der Waals surface area contributed by atoms with Crippen molar-refractivity contribution < 1.29 is 9.53 Å². The van der Waals surface area contributed by atoms with Crippen LogP contribution in [-0.4, -0.2) is 28.5 Å². The number of para-hydroxylation sites is 1. The smallest absolute Gasteiger partial charge is 0.261 e.